The van der Waals surface area contributed by atoms with Gasteiger partial charge in [0.25, 0.3) is 11.5 Å². The number of hydrogen-bond acceptors (Lipinski definition) is 4. The first-order valence-corrected chi connectivity index (χ1v) is 9.55. The van der Waals surface area contributed by atoms with Crippen molar-refractivity contribution in [2.45, 2.75) is 19.5 Å². The number of nitrogens with zero attached hydrogens (tertiary/aromatic N) is 4. The van der Waals surface area contributed by atoms with Gasteiger partial charge in [0.1, 0.15) is 5.82 Å². The van der Waals surface area contributed by atoms with Gasteiger partial charge in [0.2, 0.25) is 0 Å². The van der Waals surface area contributed by atoms with Crippen LogP contribution in [0.5, 0.6) is 0 Å². The molecule has 1 aliphatic rings. The van der Waals surface area contributed by atoms with Crippen LogP contribution in [-0.4, -0.2) is 30.8 Å². The smallest absolute Gasteiger partial charge is 0.272 e. The van der Waals surface area contributed by atoms with Gasteiger partial charge in [-0.2, -0.15) is 10.2 Å². The van der Waals surface area contributed by atoms with Gasteiger partial charge in [0, 0.05) is 37.2 Å². The molecule has 0 unspecified atom stereocenters. The average molecular weight is 403 g/mol. The molecular formula is C22H18FN5O2. The van der Waals surface area contributed by atoms with Crippen molar-refractivity contribution in [2.24, 2.45) is 7.05 Å². The third-order valence-electron chi connectivity index (χ3n) is 5.39. The van der Waals surface area contributed by atoms with Crippen molar-refractivity contribution in [3.8, 4) is 0 Å². The molecule has 0 aliphatic carbocycles. The number of amides is 1. The van der Waals surface area contributed by atoms with Crippen LogP contribution in [0.25, 0.3) is 10.8 Å². The summed E-state index contributed by atoms with van der Waals surface area (Å²) >= 11 is 0. The van der Waals surface area contributed by atoms with Gasteiger partial charge in [0.15, 0.2) is 0 Å². The Hall–Kier alpha value is -3.81. The number of H-pyrrole nitrogens is 1. The molecular weight excluding hydrogens is 385 g/mol. The van der Waals surface area contributed by atoms with E-state index >= 15 is 0 Å². The van der Waals surface area contributed by atoms with Gasteiger partial charge in [0.05, 0.1) is 28.9 Å². The quantitative estimate of drug-likeness (QED) is 0.570. The lowest BCUT2D eigenvalue weighted by atomic mass is 10.0. The molecule has 1 aliphatic heterocycles. The highest BCUT2D eigenvalue weighted by Gasteiger charge is 2.28. The van der Waals surface area contributed by atoms with E-state index in [1.165, 1.54) is 6.07 Å². The zero-order valence-electron chi connectivity index (χ0n) is 16.2. The van der Waals surface area contributed by atoms with Crippen LogP contribution >= 0.6 is 0 Å². The van der Waals surface area contributed by atoms with E-state index in [-0.39, 0.29) is 17.0 Å². The minimum Gasteiger partial charge on any atom is -0.328 e. The monoisotopic (exact) mass is 403 g/mol. The van der Waals surface area contributed by atoms with Crippen LogP contribution in [0.2, 0.25) is 0 Å². The Bertz CT molecular complexity index is 1330. The van der Waals surface area contributed by atoms with Crippen molar-refractivity contribution in [2.75, 3.05) is 0 Å². The van der Waals surface area contributed by atoms with Gasteiger partial charge in [-0.05, 0) is 23.8 Å². The van der Waals surface area contributed by atoms with Crippen molar-refractivity contribution < 1.29 is 9.18 Å². The lowest BCUT2D eigenvalue weighted by molar-refractivity contribution is 0.0744. The fourth-order valence-electron chi connectivity index (χ4n) is 3.95. The molecule has 0 fully saturated rings. The van der Waals surface area contributed by atoms with Crippen LogP contribution < -0.4 is 5.56 Å². The molecule has 3 heterocycles. The zero-order valence-corrected chi connectivity index (χ0v) is 16.2. The molecule has 7 nitrogen and oxygen atoms in total. The Morgan fingerprint density at radius 2 is 1.97 bits per heavy atom. The second-order valence-corrected chi connectivity index (χ2v) is 7.47. The van der Waals surface area contributed by atoms with Crippen LogP contribution in [0, 0.1) is 5.82 Å². The molecule has 150 valence electrons. The van der Waals surface area contributed by atoms with E-state index in [2.05, 4.69) is 15.3 Å². The number of nitrogens with one attached hydrogen (secondary N) is 1. The summed E-state index contributed by atoms with van der Waals surface area (Å²) in [5, 5.41) is 12.3. The largest absolute Gasteiger partial charge is 0.328 e. The third kappa shape index (κ3) is 3.06. The van der Waals surface area contributed by atoms with Crippen molar-refractivity contribution in [3.05, 3.63) is 92.9 Å². The Morgan fingerprint density at radius 3 is 2.77 bits per heavy atom. The minimum atomic E-state index is -0.562. The fraction of sp³-hybridized carbons (Fsp3) is 0.182. The normalized spacial score (nSPS) is 13.1. The van der Waals surface area contributed by atoms with Crippen molar-refractivity contribution in [3.63, 3.8) is 0 Å². The van der Waals surface area contributed by atoms with Gasteiger partial charge in [-0.15, -0.1) is 0 Å². The summed E-state index contributed by atoms with van der Waals surface area (Å²) in [6.45, 7) is 0.780. The molecule has 8 heteroatoms. The van der Waals surface area contributed by atoms with E-state index < -0.39 is 5.82 Å². The number of benzene rings is 2. The van der Waals surface area contributed by atoms with Crippen molar-refractivity contribution in [1.82, 2.24) is 24.9 Å². The summed E-state index contributed by atoms with van der Waals surface area (Å²) < 4.78 is 16.2. The summed E-state index contributed by atoms with van der Waals surface area (Å²) in [5.74, 6) is -0.928. The number of carbonyl (C=O) groups excluding carboxylic acids is 1. The molecule has 2 aromatic carbocycles. The first-order chi connectivity index (χ1) is 14.5. The SMILES string of the molecule is Cn1cc2c(n1)CN(C(=O)c1cc(Cc3n[nH]c(=O)c4ccccc34)ccc1F)C2. The topological polar surface area (TPSA) is 83.9 Å². The van der Waals surface area contributed by atoms with E-state index in [4.69, 9.17) is 0 Å². The predicted molar refractivity (Wildman–Crippen MR) is 108 cm³/mol. The fourth-order valence-corrected chi connectivity index (χ4v) is 3.95. The molecule has 2 aromatic heterocycles. The molecule has 0 bridgehead atoms. The van der Waals surface area contributed by atoms with E-state index in [0.717, 1.165) is 22.2 Å². The molecule has 1 N–H and O–H groups in total. The molecule has 0 saturated carbocycles. The Balaban J connectivity index is 1.45. The highest BCUT2D eigenvalue weighted by atomic mass is 19.1. The van der Waals surface area contributed by atoms with Gasteiger partial charge in [-0.25, -0.2) is 9.49 Å². The second kappa shape index (κ2) is 6.91. The van der Waals surface area contributed by atoms with Gasteiger partial charge >= 0.3 is 0 Å². The molecule has 1 amide bonds. The number of aromatic nitrogens is 4. The van der Waals surface area contributed by atoms with Crippen LogP contribution in [0.4, 0.5) is 4.39 Å². The van der Waals surface area contributed by atoms with Crippen molar-refractivity contribution in [1.29, 1.82) is 0 Å². The first kappa shape index (κ1) is 18.2. The highest BCUT2D eigenvalue weighted by molar-refractivity contribution is 5.95. The Labute approximate surface area is 170 Å². The molecule has 30 heavy (non-hydrogen) atoms. The van der Waals surface area contributed by atoms with Crippen molar-refractivity contribution >= 4 is 16.7 Å². The molecule has 0 atom stereocenters. The first-order valence-electron chi connectivity index (χ1n) is 9.55. The van der Waals surface area contributed by atoms with Gasteiger partial charge < -0.3 is 4.90 Å². The minimum absolute atomic E-state index is 0.0239. The zero-order chi connectivity index (χ0) is 20.8. The van der Waals surface area contributed by atoms with Crippen LogP contribution in [0.1, 0.15) is 32.9 Å². The van der Waals surface area contributed by atoms with E-state index in [1.54, 1.807) is 33.8 Å². The summed E-state index contributed by atoms with van der Waals surface area (Å²) in [5.41, 5.74) is 2.98. The molecule has 0 radical (unpaired) electrons. The Morgan fingerprint density at radius 1 is 1.17 bits per heavy atom. The average Bonchev–Trinajstić information content (AvgIpc) is 3.28. The van der Waals surface area contributed by atoms with Crippen LogP contribution in [0.3, 0.4) is 0 Å². The summed E-state index contributed by atoms with van der Waals surface area (Å²) in [6.07, 6.45) is 2.24. The number of aryl methyl sites for hydroxylation is 1. The second-order valence-electron chi connectivity index (χ2n) is 7.47. The summed E-state index contributed by atoms with van der Waals surface area (Å²) in [4.78, 5) is 26.5. The third-order valence-corrected chi connectivity index (χ3v) is 5.39. The number of hydrogen-bond donors (Lipinski definition) is 1. The lowest BCUT2D eigenvalue weighted by Crippen LogP contribution is -2.27. The van der Waals surface area contributed by atoms with Crippen LogP contribution in [-0.2, 0) is 26.6 Å². The van der Waals surface area contributed by atoms with Crippen LogP contribution in [0.15, 0.2) is 53.5 Å². The molecule has 0 spiro atoms. The molecule has 4 aromatic rings. The number of halogens is 1. The standard InChI is InChI=1S/C22H18FN5O2/c1-27-10-14-11-28(12-20(14)26-27)22(30)17-8-13(6-7-18(17)23)9-19-15-4-2-3-5-16(15)21(29)25-24-19/h2-8,10H,9,11-12H2,1H3,(H,25,29). The van der Waals surface area contributed by atoms with E-state index in [9.17, 15) is 14.0 Å². The maximum Gasteiger partial charge on any atom is 0.272 e. The van der Waals surface area contributed by atoms with E-state index in [1.807, 2.05) is 25.4 Å². The van der Waals surface area contributed by atoms with E-state index in [0.29, 0.717) is 30.6 Å². The Kier molecular flexibility index (Phi) is 4.20. The predicted octanol–water partition coefficient (Wildman–Crippen LogP) is 2.54. The highest BCUT2D eigenvalue weighted by Crippen LogP contribution is 2.25. The number of fused-ring (bicyclic) bond motifs is 2. The van der Waals surface area contributed by atoms with Gasteiger partial charge in [-0.3, -0.25) is 14.3 Å². The maximum atomic E-state index is 14.5. The lowest BCUT2D eigenvalue weighted by Gasteiger charge is -2.17. The summed E-state index contributed by atoms with van der Waals surface area (Å²) in [7, 11) is 1.84. The summed E-state index contributed by atoms with van der Waals surface area (Å²) in [6, 6.07) is 11.7. The maximum absolute atomic E-state index is 14.5. The number of aromatic amines is 1. The number of rotatable bonds is 3. The molecule has 5 rings (SSSR count). The number of carbonyl (C=O) groups is 1. The molecule has 0 saturated heterocycles. The van der Waals surface area contributed by atoms with Gasteiger partial charge in [-0.1, -0.05) is 24.3 Å².